The van der Waals surface area contributed by atoms with Gasteiger partial charge in [0.05, 0.1) is 11.7 Å². The van der Waals surface area contributed by atoms with Crippen LogP contribution in [0.25, 0.3) is 0 Å². The van der Waals surface area contributed by atoms with Crippen molar-refractivity contribution in [1.82, 2.24) is 20.3 Å². The van der Waals surface area contributed by atoms with E-state index >= 15 is 0 Å². The summed E-state index contributed by atoms with van der Waals surface area (Å²) in [6, 6.07) is 10.6. The molecule has 1 aromatic carbocycles. The minimum Gasteiger partial charge on any atom is -0.307 e. The molecule has 1 heterocycles. The third kappa shape index (κ3) is 3.35. The van der Waals surface area contributed by atoms with Crippen LogP contribution in [-0.2, 0) is 17.7 Å². The Balaban J connectivity index is 1.59. The molecule has 134 valence electrons. The Morgan fingerprint density at radius 2 is 1.92 bits per heavy atom. The van der Waals surface area contributed by atoms with Crippen molar-refractivity contribution in [2.24, 2.45) is 11.7 Å². The summed E-state index contributed by atoms with van der Waals surface area (Å²) in [5.41, 5.74) is 8.18. The molecule has 2 saturated carbocycles. The number of nitrogens with zero attached hydrogens (tertiary/aromatic N) is 3. The van der Waals surface area contributed by atoms with Crippen molar-refractivity contribution in [1.29, 1.82) is 0 Å². The van der Waals surface area contributed by atoms with E-state index in [0.717, 1.165) is 25.1 Å². The highest BCUT2D eigenvalue weighted by molar-refractivity contribution is 5.18. The number of hydrogen-bond acceptors (Lipinski definition) is 4. The largest absolute Gasteiger partial charge is 0.307 e. The Hall–Kier alpha value is -1.72. The van der Waals surface area contributed by atoms with E-state index in [4.69, 9.17) is 5.73 Å². The van der Waals surface area contributed by atoms with Crippen LogP contribution in [0.2, 0.25) is 0 Å². The Labute approximate surface area is 150 Å². The van der Waals surface area contributed by atoms with Crippen LogP contribution in [0, 0.1) is 5.92 Å². The molecule has 0 aliphatic heterocycles. The van der Waals surface area contributed by atoms with E-state index in [-0.39, 0.29) is 11.2 Å². The van der Waals surface area contributed by atoms with Gasteiger partial charge in [-0.1, -0.05) is 54.8 Å². The SMILES string of the molecule is C[C@@](NCc1ccccc1)(c1cn(C2(N)CC2)nn1)C1CCCCC1. The quantitative estimate of drug-likeness (QED) is 0.847. The fourth-order valence-corrected chi connectivity index (χ4v) is 4.08. The molecule has 0 bridgehead atoms. The van der Waals surface area contributed by atoms with Gasteiger partial charge in [-0.15, -0.1) is 5.10 Å². The molecule has 2 fully saturated rings. The molecule has 2 aliphatic carbocycles. The monoisotopic (exact) mass is 339 g/mol. The van der Waals surface area contributed by atoms with E-state index < -0.39 is 0 Å². The lowest BCUT2D eigenvalue weighted by molar-refractivity contribution is 0.170. The van der Waals surface area contributed by atoms with Crippen molar-refractivity contribution in [2.75, 3.05) is 0 Å². The first-order chi connectivity index (χ1) is 12.1. The van der Waals surface area contributed by atoms with Gasteiger partial charge in [0, 0.05) is 6.54 Å². The van der Waals surface area contributed by atoms with Crippen LogP contribution in [0.5, 0.6) is 0 Å². The zero-order chi connectivity index (χ0) is 17.3. The molecule has 2 aromatic rings. The summed E-state index contributed by atoms with van der Waals surface area (Å²) in [5.74, 6) is 0.586. The Bertz CT molecular complexity index is 700. The number of rotatable bonds is 6. The number of nitrogens with one attached hydrogen (secondary N) is 1. The maximum atomic E-state index is 6.31. The molecule has 0 unspecified atom stereocenters. The number of hydrogen-bond donors (Lipinski definition) is 2. The third-order valence-electron chi connectivity index (χ3n) is 6.17. The first-order valence-electron chi connectivity index (χ1n) is 9.61. The van der Waals surface area contributed by atoms with Crippen LogP contribution in [0.4, 0.5) is 0 Å². The molecule has 1 aromatic heterocycles. The van der Waals surface area contributed by atoms with Gasteiger partial charge in [0.25, 0.3) is 0 Å². The van der Waals surface area contributed by atoms with Gasteiger partial charge in [-0.05, 0) is 44.1 Å². The molecule has 1 atom stereocenters. The normalized spacial score (nSPS) is 22.5. The van der Waals surface area contributed by atoms with Crippen LogP contribution in [-0.4, -0.2) is 15.0 Å². The summed E-state index contributed by atoms with van der Waals surface area (Å²) < 4.78 is 1.88. The van der Waals surface area contributed by atoms with Crippen molar-refractivity contribution >= 4 is 0 Å². The van der Waals surface area contributed by atoms with E-state index in [2.05, 4.69) is 59.1 Å². The van der Waals surface area contributed by atoms with Crippen LogP contribution >= 0.6 is 0 Å². The minimum atomic E-state index is -0.293. The lowest BCUT2D eigenvalue weighted by atomic mass is 9.74. The average Bonchev–Trinajstić information content (AvgIpc) is 3.21. The second kappa shape index (κ2) is 6.54. The van der Waals surface area contributed by atoms with E-state index in [1.807, 2.05) is 4.68 Å². The van der Waals surface area contributed by atoms with Crippen molar-refractivity contribution in [2.45, 2.75) is 69.6 Å². The summed E-state index contributed by atoms with van der Waals surface area (Å²) in [6.45, 7) is 3.14. The average molecular weight is 339 g/mol. The predicted molar refractivity (Wildman–Crippen MR) is 98.6 cm³/mol. The number of nitrogens with two attached hydrogens (primary N) is 1. The van der Waals surface area contributed by atoms with Gasteiger partial charge in [0.2, 0.25) is 0 Å². The van der Waals surface area contributed by atoms with Gasteiger partial charge in [0.15, 0.2) is 0 Å². The molecule has 0 saturated heterocycles. The first-order valence-corrected chi connectivity index (χ1v) is 9.61. The summed E-state index contributed by atoms with van der Waals surface area (Å²) in [5, 5.41) is 12.7. The van der Waals surface area contributed by atoms with E-state index in [1.54, 1.807) is 0 Å². The molecular formula is C20H29N5. The molecule has 3 N–H and O–H groups in total. The van der Waals surface area contributed by atoms with Crippen molar-refractivity contribution in [3.05, 3.63) is 47.8 Å². The summed E-state index contributed by atoms with van der Waals surface area (Å²) >= 11 is 0. The van der Waals surface area contributed by atoms with Crippen LogP contribution < -0.4 is 11.1 Å². The minimum absolute atomic E-state index is 0.167. The van der Waals surface area contributed by atoms with Gasteiger partial charge in [0.1, 0.15) is 11.4 Å². The highest BCUT2D eigenvalue weighted by Crippen LogP contribution is 2.41. The summed E-state index contributed by atoms with van der Waals surface area (Å²) in [6.07, 6.45) is 10.5. The molecule has 5 heteroatoms. The predicted octanol–water partition coefficient (Wildman–Crippen LogP) is 3.27. The molecule has 5 nitrogen and oxygen atoms in total. The van der Waals surface area contributed by atoms with Crippen molar-refractivity contribution in [3.8, 4) is 0 Å². The van der Waals surface area contributed by atoms with Gasteiger partial charge in [-0.3, -0.25) is 0 Å². The molecule has 2 aliphatic rings. The second-order valence-corrected chi connectivity index (χ2v) is 8.03. The van der Waals surface area contributed by atoms with Crippen molar-refractivity contribution < 1.29 is 0 Å². The second-order valence-electron chi connectivity index (χ2n) is 8.03. The topological polar surface area (TPSA) is 68.8 Å². The lowest BCUT2D eigenvalue weighted by Gasteiger charge is -2.39. The molecule has 0 radical (unpaired) electrons. The van der Waals surface area contributed by atoms with Gasteiger partial charge in [-0.2, -0.15) is 0 Å². The first kappa shape index (κ1) is 16.7. The van der Waals surface area contributed by atoms with Crippen LogP contribution in [0.1, 0.15) is 63.1 Å². The number of aromatic nitrogens is 3. The van der Waals surface area contributed by atoms with E-state index in [1.165, 1.54) is 37.7 Å². The standard InChI is InChI=1S/C20H29N5/c1-19(17-10-6-3-7-11-17,22-14-16-8-4-2-5-9-16)18-15-25(24-23-18)20(21)12-13-20/h2,4-5,8-9,15,17,22H,3,6-7,10-14,21H2,1H3/t19-/m0/s1. The smallest absolute Gasteiger partial charge is 0.112 e. The fourth-order valence-electron chi connectivity index (χ4n) is 4.08. The van der Waals surface area contributed by atoms with Gasteiger partial charge >= 0.3 is 0 Å². The zero-order valence-corrected chi connectivity index (χ0v) is 15.1. The van der Waals surface area contributed by atoms with Gasteiger partial charge < -0.3 is 11.1 Å². The van der Waals surface area contributed by atoms with E-state index in [9.17, 15) is 0 Å². The summed E-state index contributed by atoms with van der Waals surface area (Å²) in [4.78, 5) is 0. The summed E-state index contributed by atoms with van der Waals surface area (Å²) in [7, 11) is 0. The third-order valence-corrected chi connectivity index (χ3v) is 6.17. The maximum Gasteiger partial charge on any atom is 0.112 e. The fraction of sp³-hybridized carbons (Fsp3) is 0.600. The maximum absolute atomic E-state index is 6.31. The number of benzene rings is 1. The highest BCUT2D eigenvalue weighted by atomic mass is 15.5. The highest BCUT2D eigenvalue weighted by Gasteiger charge is 2.44. The molecule has 25 heavy (non-hydrogen) atoms. The van der Waals surface area contributed by atoms with Crippen molar-refractivity contribution in [3.63, 3.8) is 0 Å². The molecular weight excluding hydrogens is 310 g/mol. The van der Waals surface area contributed by atoms with Crippen LogP contribution in [0.15, 0.2) is 36.5 Å². The molecule has 4 rings (SSSR count). The Morgan fingerprint density at radius 3 is 2.60 bits per heavy atom. The Morgan fingerprint density at radius 1 is 1.20 bits per heavy atom. The lowest BCUT2D eigenvalue weighted by Crippen LogP contribution is -2.46. The van der Waals surface area contributed by atoms with Crippen LogP contribution in [0.3, 0.4) is 0 Å². The zero-order valence-electron chi connectivity index (χ0n) is 15.1. The Kier molecular flexibility index (Phi) is 4.38. The van der Waals surface area contributed by atoms with Gasteiger partial charge in [-0.25, -0.2) is 4.68 Å². The molecule has 0 amide bonds. The molecule has 0 spiro atoms. The van der Waals surface area contributed by atoms with E-state index in [0.29, 0.717) is 5.92 Å².